The largest absolute Gasteiger partial charge is 0.491 e. The summed E-state index contributed by atoms with van der Waals surface area (Å²) in [6, 6.07) is 7.71. The molecule has 1 amide bonds. The average Bonchev–Trinajstić information content (AvgIpc) is 2.47. The van der Waals surface area contributed by atoms with Crippen molar-refractivity contribution in [3.05, 3.63) is 29.8 Å². The van der Waals surface area contributed by atoms with Gasteiger partial charge in [-0.15, -0.1) is 0 Å². The van der Waals surface area contributed by atoms with Gasteiger partial charge in [-0.3, -0.25) is 9.69 Å². The molecule has 1 N–H and O–H groups in total. The Morgan fingerprint density at radius 2 is 1.82 bits per heavy atom. The molecule has 0 aliphatic heterocycles. The number of benzene rings is 1. The second-order valence-corrected chi connectivity index (χ2v) is 5.54. The molecule has 0 aromatic heterocycles. The van der Waals surface area contributed by atoms with Crippen LogP contribution in [0.4, 0.5) is 0 Å². The summed E-state index contributed by atoms with van der Waals surface area (Å²) in [6.45, 7) is 8.29. The highest BCUT2D eigenvalue weighted by atomic mass is 16.5. The van der Waals surface area contributed by atoms with Gasteiger partial charge in [-0.05, 0) is 40.0 Å². The van der Waals surface area contributed by atoms with Crippen LogP contribution in [0, 0.1) is 6.92 Å². The average molecular weight is 308 g/mol. The molecule has 0 bridgehead atoms. The summed E-state index contributed by atoms with van der Waals surface area (Å²) in [5, 5.41) is 10.0. The molecule has 0 saturated carbocycles. The zero-order chi connectivity index (χ0) is 16.5. The number of aliphatic hydroxyl groups is 1. The minimum atomic E-state index is -0.629. The lowest BCUT2D eigenvalue weighted by Crippen LogP contribution is -2.42. The first-order valence-electron chi connectivity index (χ1n) is 7.80. The molecule has 1 rings (SSSR count). The van der Waals surface area contributed by atoms with Crippen LogP contribution in [0.2, 0.25) is 0 Å². The Hall–Kier alpha value is -1.59. The number of nitrogens with zero attached hydrogens (tertiary/aromatic N) is 2. The van der Waals surface area contributed by atoms with Crippen LogP contribution in [0.3, 0.4) is 0 Å². The first kappa shape index (κ1) is 18.5. The lowest BCUT2D eigenvalue weighted by molar-refractivity contribution is -0.132. The van der Waals surface area contributed by atoms with Gasteiger partial charge in [-0.2, -0.15) is 0 Å². The maximum absolute atomic E-state index is 12.0. The topological polar surface area (TPSA) is 53.0 Å². The first-order valence-corrected chi connectivity index (χ1v) is 7.80. The van der Waals surface area contributed by atoms with Crippen LogP contribution in [0.15, 0.2) is 24.3 Å². The third kappa shape index (κ3) is 6.45. The molecule has 1 atom stereocenters. The summed E-state index contributed by atoms with van der Waals surface area (Å²) in [7, 11) is 1.83. The summed E-state index contributed by atoms with van der Waals surface area (Å²) < 4.78 is 5.55. The summed E-state index contributed by atoms with van der Waals surface area (Å²) >= 11 is 0. The minimum absolute atomic E-state index is 0.0825. The van der Waals surface area contributed by atoms with E-state index < -0.39 is 6.10 Å². The number of rotatable bonds is 9. The normalized spacial score (nSPS) is 12.3. The molecule has 5 nitrogen and oxygen atoms in total. The van der Waals surface area contributed by atoms with Crippen LogP contribution in [-0.4, -0.2) is 66.8 Å². The van der Waals surface area contributed by atoms with Gasteiger partial charge in [-0.1, -0.05) is 17.7 Å². The molecule has 1 aromatic carbocycles. The van der Waals surface area contributed by atoms with Gasteiger partial charge >= 0.3 is 0 Å². The standard InChI is InChI=1S/C17H28N2O3/c1-5-19(6-2)17(21)12-18(4)11-15(20)13-22-16-9-7-14(3)8-10-16/h7-10,15,20H,5-6,11-13H2,1-4H3. The van der Waals surface area contributed by atoms with Gasteiger partial charge < -0.3 is 14.7 Å². The summed E-state index contributed by atoms with van der Waals surface area (Å²) in [4.78, 5) is 15.6. The van der Waals surface area contributed by atoms with Crippen molar-refractivity contribution in [2.24, 2.45) is 0 Å². The predicted octanol–water partition coefficient (Wildman–Crippen LogP) is 1.53. The van der Waals surface area contributed by atoms with Crippen LogP contribution in [-0.2, 0) is 4.79 Å². The molecule has 5 heteroatoms. The van der Waals surface area contributed by atoms with Gasteiger partial charge in [-0.25, -0.2) is 0 Å². The highest BCUT2D eigenvalue weighted by Crippen LogP contribution is 2.11. The van der Waals surface area contributed by atoms with Crippen molar-refractivity contribution in [1.29, 1.82) is 0 Å². The van der Waals surface area contributed by atoms with Gasteiger partial charge in [0, 0.05) is 19.6 Å². The van der Waals surface area contributed by atoms with E-state index in [2.05, 4.69) is 0 Å². The lowest BCUT2D eigenvalue weighted by Gasteiger charge is -2.24. The number of ether oxygens (including phenoxy) is 1. The van der Waals surface area contributed by atoms with Gasteiger partial charge in [0.05, 0.1) is 6.54 Å². The van der Waals surface area contributed by atoms with E-state index in [0.717, 1.165) is 5.75 Å². The van der Waals surface area contributed by atoms with Gasteiger partial charge in [0.25, 0.3) is 0 Å². The van der Waals surface area contributed by atoms with Crippen LogP contribution in [0.25, 0.3) is 0 Å². The lowest BCUT2D eigenvalue weighted by atomic mass is 10.2. The number of hydrogen-bond donors (Lipinski definition) is 1. The Labute approximate surface area is 133 Å². The van der Waals surface area contributed by atoms with Crippen molar-refractivity contribution < 1.29 is 14.6 Å². The third-order valence-electron chi connectivity index (χ3n) is 3.51. The second kappa shape index (κ2) is 9.43. The van der Waals surface area contributed by atoms with Crippen molar-refractivity contribution in [1.82, 2.24) is 9.80 Å². The fourth-order valence-electron chi connectivity index (χ4n) is 2.21. The number of aryl methyl sites for hydroxylation is 1. The highest BCUT2D eigenvalue weighted by Gasteiger charge is 2.15. The quantitative estimate of drug-likeness (QED) is 0.752. The number of carbonyl (C=O) groups is 1. The van der Waals surface area contributed by atoms with E-state index in [1.807, 2.05) is 57.0 Å². The second-order valence-electron chi connectivity index (χ2n) is 5.54. The fraction of sp³-hybridized carbons (Fsp3) is 0.588. The molecule has 1 aromatic rings. The molecule has 124 valence electrons. The van der Waals surface area contributed by atoms with Crippen molar-refractivity contribution in [2.45, 2.75) is 26.9 Å². The van der Waals surface area contributed by atoms with Crippen LogP contribution in [0.1, 0.15) is 19.4 Å². The van der Waals surface area contributed by atoms with Gasteiger partial charge in [0.2, 0.25) is 5.91 Å². The molecule has 22 heavy (non-hydrogen) atoms. The maximum Gasteiger partial charge on any atom is 0.236 e. The monoisotopic (exact) mass is 308 g/mol. The van der Waals surface area contributed by atoms with E-state index in [-0.39, 0.29) is 12.5 Å². The Kier molecular flexibility index (Phi) is 7.91. The fourth-order valence-corrected chi connectivity index (χ4v) is 2.21. The predicted molar refractivity (Wildman–Crippen MR) is 88.1 cm³/mol. The number of amides is 1. The summed E-state index contributed by atoms with van der Waals surface area (Å²) in [5.41, 5.74) is 1.17. The summed E-state index contributed by atoms with van der Waals surface area (Å²) in [5.74, 6) is 0.825. The van der Waals surface area contributed by atoms with Crippen LogP contribution in [0.5, 0.6) is 5.75 Å². The van der Waals surface area contributed by atoms with Crippen LogP contribution < -0.4 is 4.74 Å². The number of aliphatic hydroxyl groups excluding tert-OH is 1. The zero-order valence-corrected chi connectivity index (χ0v) is 14.1. The molecule has 1 unspecified atom stereocenters. The van der Waals surface area contributed by atoms with Crippen LogP contribution >= 0.6 is 0 Å². The molecule has 0 heterocycles. The molecule has 0 aliphatic carbocycles. The smallest absolute Gasteiger partial charge is 0.236 e. The van der Waals surface area contributed by atoms with Crippen molar-refractivity contribution in [3.8, 4) is 5.75 Å². The number of hydrogen-bond acceptors (Lipinski definition) is 4. The Bertz CT molecular complexity index is 444. The van der Waals surface area contributed by atoms with E-state index in [0.29, 0.717) is 26.2 Å². The first-order chi connectivity index (χ1) is 10.5. The van der Waals surface area contributed by atoms with Crippen molar-refractivity contribution in [3.63, 3.8) is 0 Å². The number of carbonyl (C=O) groups excluding carboxylic acids is 1. The molecule has 0 spiro atoms. The molecular weight excluding hydrogens is 280 g/mol. The maximum atomic E-state index is 12.0. The van der Waals surface area contributed by atoms with Crippen molar-refractivity contribution in [2.75, 3.05) is 39.8 Å². The molecular formula is C17H28N2O3. The van der Waals surface area contributed by atoms with E-state index in [9.17, 15) is 9.90 Å². The zero-order valence-electron chi connectivity index (χ0n) is 14.1. The third-order valence-corrected chi connectivity index (χ3v) is 3.51. The Morgan fingerprint density at radius 3 is 2.36 bits per heavy atom. The SMILES string of the molecule is CCN(CC)C(=O)CN(C)CC(O)COc1ccc(C)cc1. The minimum Gasteiger partial charge on any atom is -0.491 e. The molecule has 0 aliphatic rings. The molecule has 0 radical (unpaired) electrons. The number of likely N-dealkylation sites (N-methyl/N-ethyl adjacent to an activating group) is 2. The van der Waals surface area contributed by atoms with E-state index in [1.165, 1.54) is 5.56 Å². The van der Waals surface area contributed by atoms with Gasteiger partial charge in [0.15, 0.2) is 0 Å². The van der Waals surface area contributed by atoms with Crippen molar-refractivity contribution >= 4 is 5.91 Å². The molecule has 0 fully saturated rings. The highest BCUT2D eigenvalue weighted by molar-refractivity contribution is 5.78. The summed E-state index contributed by atoms with van der Waals surface area (Å²) in [6.07, 6.45) is -0.629. The Balaban J connectivity index is 2.33. The van der Waals surface area contributed by atoms with E-state index in [1.54, 1.807) is 4.90 Å². The van der Waals surface area contributed by atoms with E-state index in [4.69, 9.17) is 4.74 Å². The van der Waals surface area contributed by atoms with E-state index >= 15 is 0 Å². The molecule has 0 saturated heterocycles. The van der Waals surface area contributed by atoms with Gasteiger partial charge in [0.1, 0.15) is 18.5 Å². The Morgan fingerprint density at radius 1 is 1.23 bits per heavy atom.